The van der Waals surface area contributed by atoms with Crippen molar-refractivity contribution in [3.8, 4) is 0 Å². The first-order valence-corrected chi connectivity index (χ1v) is 9.43. The van der Waals surface area contributed by atoms with E-state index in [2.05, 4.69) is 74.4 Å². The maximum absolute atomic E-state index is 6.38. The van der Waals surface area contributed by atoms with E-state index in [0.717, 1.165) is 19.3 Å². The van der Waals surface area contributed by atoms with Crippen molar-refractivity contribution in [3.05, 3.63) is 34.4 Å². The highest BCUT2D eigenvalue weighted by molar-refractivity contribution is 6.17. The van der Waals surface area contributed by atoms with Gasteiger partial charge in [-0.1, -0.05) is 74.4 Å². The molecule has 1 rings (SSSR count). The van der Waals surface area contributed by atoms with Crippen molar-refractivity contribution < 1.29 is 0 Å². The van der Waals surface area contributed by atoms with Gasteiger partial charge in [-0.05, 0) is 57.8 Å². The van der Waals surface area contributed by atoms with E-state index in [4.69, 9.17) is 11.6 Å². The molecule has 0 nitrogen and oxygen atoms in total. The summed E-state index contributed by atoms with van der Waals surface area (Å²) >= 11 is 6.38. The van der Waals surface area contributed by atoms with Gasteiger partial charge in [-0.3, -0.25) is 0 Å². The van der Waals surface area contributed by atoms with Crippen LogP contribution in [0.1, 0.15) is 84.6 Å². The van der Waals surface area contributed by atoms with Crippen LogP contribution < -0.4 is 0 Å². The minimum atomic E-state index is 0.278. The van der Waals surface area contributed by atoms with Gasteiger partial charge in [-0.25, -0.2) is 0 Å². The number of hydrogen-bond donors (Lipinski definition) is 0. The molecule has 1 aromatic carbocycles. The molecule has 1 aromatic rings. The molecule has 0 aromatic heterocycles. The highest BCUT2D eigenvalue weighted by atomic mass is 35.5. The SMILES string of the molecule is CC(C)(C)Cc1cc(CC(C)(C)C)c(CCl)c(CC(C)(C)C)c1. The van der Waals surface area contributed by atoms with E-state index < -0.39 is 0 Å². The molecule has 1 heteroatoms. The Balaban J connectivity index is 3.40. The topological polar surface area (TPSA) is 0 Å². The first-order chi connectivity index (χ1) is 10.2. The molecule has 0 spiro atoms. The van der Waals surface area contributed by atoms with Gasteiger partial charge in [-0.15, -0.1) is 11.6 Å². The molecule has 0 saturated carbocycles. The summed E-state index contributed by atoms with van der Waals surface area (Å²) in [7, 11) is 0. The second-order valence-electron chi connectivity index (χ2n) is 10.7. The second-order valence-corrected chi connectivity index (χ2v) is 11.0. The van der Waals surface area contributed by atoms with Gasteiger partial charge in [0.05, 0.1) is 0 Å². The van der Waals surface area contributed by atoms with E-state index in [1.807, 2.05) is 0 Å². The van der Waals surface area contributed by atoms with Gasteiger partial charge in [0.1, 0.15) is 0 Å². The van der Waals surface area contributed by atoms with Crippen molar-refractivity contribution in [2.75, 3.05) is 0 Å². The van der Waals surface area contributed by atoms with Crippen molar-refractivity contribution in [2.24, 2.45) is 16.2 Å². The second kappa shape index (κ2) is 7.18. The molecule has 0 radical (unpaired) electrons. The normalized spacial score (nSPS) is 13.5. The molecule has 0 aliphatic carbocycles. The Kier molecular flexibility index (Phi) is 6.41. The third-order valence-electron chi connectivity index (χ3n) is 3.80. The summed E-state index contributed by atoms with van der Waals surface area (Å²) in [6, 6.07) is 4.83. The van der Waals surface area contributed by atoms with Gasteiger partial charge in [0.2, 0.25) is 0 Å². The average Bonchev–Trinajstić information content (AvgIpc) is 2.21. The van der Waals surface area contributed by atoms with Crippen molar-refractivity contribution in [3.63, 3.8) is 0 Å². The Morgan fingerprint density at radius 3 is 1.26 bits per heavy atom. The fourth-order valence-electron chi connectivity index (χ4n) is 3.21. The van der Waals surface area contributed by atoms with Gasteiger partial charge in [-0.2, -0.15) is 0 Å². The Morgan fingerprint density at radius 2 is 1.00 bits per heavy atom. The van der Waals surface area contributed by atoms with Gasteiger partial charge < -0.3 is 0 Å². The molecule has 0 heterocycles. The zero-order valence-electron chi connectivity index (χ0n) is 16.9. The van der Waals surface area contributed by atoms with Crippen LogP contribution in [0.5, 0.6) is 0 Å². The Morgan fingerprint density at radius 1 is 0.652 bits per heavy atom. The van der Waals surface area contributed by atoms with Crippen LogP contribution in [0.15, 0.2) is 12.1 Å². The van der Waals surface area contributed by atoms with Gasteiger partial charge in [0.25, 0.3) is 0 Å². The molecular formula is C22H37Cl. The summed E-state index contributed by atoms with van der Waals surface area (Å²) < 4.78 is 0. The van der Waals surface area contributed by atoms with Gasteiger partial charge in [0.15, 0.2) is 0 Å². The number of benzene rings is 1. The van der Waals surface area contributed by atoms with Crippen LogP contribution in [-0.4, -0.2) is 0 Å². The fourth-order valence-corrected chi connectivity index (χ4v) is 3.56. The summed E-state index contributed by atoms with van der Waals surface area (Å²) in [6.45, 7) is 20.8. The fraction of sp³-hybridized carbons (Fsp3) is 0.727. The Hall–Kier alpha value is -0.490. The smallest absolute Gasteiger partial charge is 0.0479 e. The van der Waals surface area contributed by atoms with E-state index in [1.165, 1.54) is 22.3 Å². The van der Waals surface area contributed by atoms with Crippen molar-refractivity contribution >= 4 is 11.6 Å². The lowest BCUT2D eigenvalue weighted by atomic mass is 9.79. The van der Waals surface area contributed by atoms with Crippen LogP contribution in [0.3, 0.4) is 0 Å². The van der Waals surface area contributed by atoms with Crippen LogP contribution in [0.4, 0.5) is 0 Å². The van der Waals surface area contributed by atoms with Crippen LogP contribution in [0.2, 0.25) is 0 Å². The minimum absolute atomic E-state index is 0.278. The molecule has 0 bridgehead atoms. The lowest BCUT2D eigenvalue weighted by Crippen LogP contribution is -2.17. The number of alkyl halides is 1. The van der Waals surface area contributed by atoms with Gasteiger partial charge in [0, 0.05) is 5.88 Å². The Bertz CT molecular complexity index is 481. The first kappa shape index (κ1) is 20.6. The van der Waals surface area contributed by atoms with Crippen LogP contribution in [-0.2, 0) is 25.1 Å². The lowest BCUT2D eigenvalue weighted by molar-refractivity contribution is 0.398. The maximum atomic E-state index is 6.38. The van der Waals surface area contributed by atoms with Crippen LogP contribution >= 0.6 is 11.6 Å². The highest BCUT2D eigenvalue weighted by Crippen LogP contribution is 2.33. The maximum Gasteiger partial charge on any atom is 0.0479 e. The molecule has 23 heavy (non-hydrogen) atoms. The lowest BCUT2D eigenvalue weighted by Gasteiger charge is -2.27. The molecule has 0 aliphatic rings. The standard InChI is InChI=1S/C22H37Cl/c1-20(2,3)12-16-10-17(13-21(4,5)6)19(15-23)18(11-16)14-22(7,8)9/h10-11H,12-15H2,1-9H3. The largest absolute Gasteiger partial charge is 0.122 e. The van der Waals surface area contributed by atoms with E-state index >= 15 is 0 Å². The van der Waals surface area contributed by atoms with E-state index in [-0.39, 0.29) is 10.8 Å². The average molecular weight is 337 g/mol. The zero-order chi connectivity index (χ0) is 18.1. The third-order valence-corrected chi connectivity index (χ3v) is 4.07. The van der Waals surface area contributed by atoms with Crippen molar-refractivity contribution in [1.82, 2.24) is 0 Å². The number of rotatable bonds is 4. The minimum Gasteiger partial charge on any atom is -0.122 e. The summed E-state index contributed by atoms with van der Waals surface area (Å²) in [5.74, 6) is 0.618. The molecule has 0 aliphatic heterocycles. The first-order valence-electron chi connectivity index (χ1n) is 8.90. The van der Waals surface area contributed by atoms with E-state index in [9.17, 15) is 0 Å². The monoisotopic (exact) mass is 336 g/mol. The Labute approximate surface area is 150 Å². The molecule has 0 unspecified atom stereocenters. The molecule has 0 atom stereocenters. The third kappa shape index (κ3) is 7.75. The number of hydrogen-bond acceptors (Lipinski definition) is 0. The summed E-state index contributed by atoms with van der Waals surface area (Å²) in [6.07, 6.45) is 3.29. The predicted octanol–water partition coefficient (Wildman–Crippen LogP) is 7.19. The van der Waals surface area contributed by atoms with Crippen LogP contribution in [0, 0.1) is 16.2 Å². The molecule has 0 N–H and O–H groups in total. The van der Waals surface area contributed by atoms with Gasteiger partial charge >= 0.3 is 0 Å². The molecule has 0 fully saturated rings. The highest BCUT2D eigenvalue weighted by Gasteiger charge is 2.21. The summed E-state index contributed by atoms with van der Waals surface area (Å²) in [5, 5.41) is 0. The van der Waals surface area contributed by atoms with Crippen molar-refractivity contribution in [2.45, 2.75) is 87.5 Å². The predicted molar refractivity (Wildman–Crippen MR) is 105 cm³/mol. The van der Waals surface area contributed by atoms with Crippen LogP contribution in [0.25, 0.3) is 0 Å². The number of halogens is 1. The molecule has 0 amide bonds. The summed E-state index contributed by atoms with van der Waals surface area (Å²) in [4.78, 5) is 0. The zero-order valence-corrected chi connectivity index (χ0v) is 17.6. The summed E-state index contributed by atoms with van der Waals surface area (Å²) in [5.41, 5.74) is 6.60. The molecule has 0 saturated heterocycles. The van der Waals surface area contributed by atoms with Crippen molar-refractivity contribution in [1.29, 1.82) is 0 Å². The van der Waals surface area contributed by atoms with E-state index in [0.29, 0.717) is 11.3 Å². The molecule has 132 valence electrons. The quantitative estimate of drug-likeness (QED) is 0.510. The van der Waals surface area contributed by atoms with E-state index in [1.54, 1.807) is 0 Å². The molecular weight excluding hydrogens is 300 g/mol.